The van der Waals surface area contributed by atoms with E-state index in [2.05, 4.69) is 10.2 Å². The highest BCUT2D eigenvalue weighted by Crippen LogP contribution is 2.42. The van der Waals surface area contributed by atoms with Gasteiger partial charge in [0.25, 0.3) is 11.2 Å². The molecular weight excluding hydrogens is 342 g/mol. The summed E-state index contributed by atoms with van der Waals surface area (Å²) in [6, 6.07) is 6.96. The van der Waals surface area contributed by atoms with Gasteiger partial charge in [-0.25, -0.2) is 5.10 Å². The summed E-state index contributed by atoms with van der Waals surface area (Å²) in [6.45, 7) is 3.88. The van der Waals surface area contributed by atoms with E-state index in [0.29, 0.717) is 22.6 Å². The molecule has 0 fully saturated rings. The van der Waals surface area contributed by atoms with Gasteiger partial charge >= 0.3 is 0 Å². The number of non-ortho nitro benzene ring substituents is 1. The minimum atomic E-state index is -0.824. The molecule has 9 nitrogen and oxygen atoms in total. The Morgan fingerprint density at radius 2 is 2.12 bits per heavy atom. The summed E-state index contributed by atoms with van der Waals surface area (Å²) in [4.78, 5) is 21.8. The van der Waals surface area contributed by atoms with Crippen LogP contribution in [0.15, 0.2) is 40.7 Å². The van der Waals surface area contributed by atoms with Crippen molar-refractivity contribution < 1.29 is 19.1 Å². The number of nitrogens with one attached hydrogen (secondary N) is 1. The van der Waals surface area contributed by atoms with E-state index in [1.807, 2.05) is 6.92 Å². The molecule has 3 rings (SSSR count). The molecule has 0 aliphatic carbocycles. The van der Waals surface area contributed by atoms with Gasteiger partial charge in [0.2, 0.25) is 5.88 Å². The minimum absolute atomic E-state index is 0.0916. The molecule has 2 aromatic rings. The number of benzene rings is 1. The van der Waals surface area contributed by atoms with Crippen molar-refractivity contribution in [3.63, 3.8) is 0 Å². The van der Waals surface area contributed by atoms with Crippen LogP contribution >= 0.6 is 0 Å². The second kappa shape index (κ2) is 6.60. The van der Waals surface area contributed by atoms with Crippen molar-refractivity contribution in [2.75, 3.05) is 13.7 Å². The molecule has 1 aromatic carbocycles. The molecule has 0 radical (unpaired) electrons. The average molecular weight is 359 g/mol. The van der Waals surface area contributed by atoms with Gasteiger partial charge < -0.3 is 14.2 Å². The zero-order valence-corrected chi connectivity index (χ0v) is 14.4. The molecule has 0 bridgehead atoms. The third-order valence-corrected chi connectivity index (χ3v) is 4.17. The van der Waals surface area contributed by atoms with Gasteiger partial charge in [0.15, 0.2) is 5.60 Å². The highest BCUT2D eigenvalue weighted by Gasteiger charge is 2.39. The van der Waals surface area contributed by atoms with E-state index in [1.54, 1.807) is 14.0 Å². The fourth-order valence-corrected chi connectivity index (χ4v) is 2.70. The Labute approximate surface area is 148 Å². The highest BCUT2D eigenvalue weighted by atomic mass is 16.6. The Kier molecular flexibility index (Phi) is 4.47. The normalized spacial score (nSPS) is 18.9. The maximum absolute atomic E-state index is 11.2. The van der Waals surface area contributed by atoms with Gasteiger partial charge in [-0.1, -0.05) is 0 Å². The van der Waals surface area contributed by atoms with Crippen LogP contribution in [-0.4, -0.2) is 34.4 Å². The lowest BCUT2D eigenvalue weighted by atomic mass is 9.90. The fraction of sp³-hybridized carbons (Fsp3) is 0.294. The van der Waals surface area contributed by atoms with Crippen molar-refractivity contribution in [2.24, 2.45) is 0 Å². The monoisotopic (exact) mass is 359 g/mol. The highest BCUT2D eigenvalue weighted by molar-refractivity contribution is 5.74. The number of methoxy groups -OCH3 is 1. The molecule has 0 amide bonds. The topological polar surface area (TPSA) is 117 Å². The summed E-state index contributed by atoms with van der Waals surface area (Å²) < 4.78 is 17.2. The molecule has 9 heteroatoms. The first-order valence-corrected chi connectivity index (χ1v) is 7.76. The number of aromatic nitrogens is 2. The van der Waals surface area contributed by atoms with Crippen LogP contribution in [0.25, 0.3) is 5.76 Å². The summed E-state index contributed by atoms with van der Waals surface area (Å²) in [5.41, 5.74) is -0.171. The standard InChI is InChI=1S/C17H17N3O6/c1-10-16(25-15-7-6-14(21)18-19-15)12-8-11(20(22)23)4-5-13(12)26-17(10,2)9-24-3/h4-8H,9H2,1-3H3,(H,18,21). The fourth-order valence-electron chi connectivity index (χ4n) is 2.70. The molecule has 1 aliphatic rings. The molecule has 2 heterocycles. The Balaban J connectivity index is 2.14. The quantitative estimate of drug-likeness (QED) is 0.643. The first kappa shape index (κ1) is 17.6. The molecule has 1 atom stereocenters. The lowest BCUT2D eigenvalue weighted by Crippen LogP contribution is -2.42. The first-order valence-electron chi connectivity index (χ1n) is 7.76. The lowest BCUT2D eigenvalue weighted by molar-refractivity contribution is -0.384. The zero-order valence-electron chi connectivity index (χ0n) is 14.4. The van der Waals surface area contributed by atoms with Crippen molar-refractivity contribution in [1.82, 2.24) is 10.2 Å². The van der Waals surface area contributed by atoms with E-state index in [4.69, 9.17) is 14.2 Å². The van der Waals surface area contributed by atoms with Crippen molar-refractivity contribution in [1.29, 1.82) is 0 Å². The molecule has 0 saturated heterocycles. The van der Waals surface area contributed by atoms with Gasteiger partial charge in [0.05, 0.1) is 17.1 Å². The van der Waals surface area contributed by atoms with Gasteiger partial charge in [-0.3, -0.25) is 14.9 Å². The second-order valence-corrected chi connectivity index (χ2v) is 6.02. The predicted octanol–water partition coefficient (Wildman–Crippen LogP) is 2.29. The summed E-state index contributed by atoms with van der Waals surface area (Å²) in [5.74, 6) is 0.951. The summed E-state index contributed by atoms with van der Waals surface area (Å²) >= 11 is 0. The molecule has 1 aliphatic heterocycles. The summed E-state index contributed by atoms with van der Waals surface area (Å²) in [7, 11) is 1.55. The number of hydrogen-bond donors (Lipinski definition) is 1. The van der Waals surface area contributed by atoms with Gasteiger partial charge in [-0.15, -0.1) is 5.10 Å². The molecule has 0 spiro atoms. The zero-order chi connectivity index (χ0) is 18.9. The molecule has 26 heavy (non-hydrogen) atoms. The largest absolute Gasteiger partial charge is 0.480 e. The molecule has 1 N–H and O–H groups in total. The number of H-pyrrole nitrogens is 1. The average Bonchev–Trinajstić information content (AvgIpc) is 2.60. The number of nitro groups is 1. The number of ether oxygens (including phenoxy) is 3. The first-order chi connectivity index (χ1) is 12.3. The summed E-state index contributed by atoms with van der Waals surface area (Å²) in [5, 5.41) is 17.3. The van der Waals surface area contributed by atoms with E-state index in [-0.39, 0.29) is 23.7 Å². The Morgan fingerprint density at radius 3 is 2.73 bits per heavy atom. The summed E-state index contributed by atoms with van der Waals surface area (Å²) in [6.07, 6.45) is 0. The van der Waals surface area contributed by atoms with Crippen molar-refractivity contribution in [3.8, 4) is 11.6 Å². The maximum atomic E-state index is 11.2. The van der Waals surface area contributed by atoms with Crippen LogP contribution in [0.2, 0.25) is 0 Å². The van der Waals surface area contributed by atoms with Gasteiger partial charge in [0, 0.05) is 36.9 Å². The van der Waals surface area contributed by atoms with E-state index in [9.17, 15) is 14.9 Å². The number of fused-ring (bicyclic) bond motifs is 1. The lowest BCUT2D eigenvalue weighted by Gasteiger charge is -2.37. The van der Waals surface area contributed by atoms with Crippen LogP contribution in [0.5, 0.6) is 11.6 Å². The van der Waals surface area contributed by atoms with E-state index < -0.39 is 10.5 Å². The van der Waals surface area contributed by atoms with Crippen LogP contribution < -0.4 is 15.0 Å². The number of aromatic amines is 1. The van der Waals surface area contributed by atoms with Gasteiger partial charge in [-0.2, -0.15) is 0 Å². The number of hydrogen-bond acceptors (Lipinski definition) is 7. The molecular formula is C17H17N3O6. The second-order valence-electron chi connectivity index (χ2n) is 6.02. The third kappa shape index (κ3) is 3.16. The van der Waals surface area contributed by atoms with E-state index in [0.717, 1.165) is 0 Å². The van der Waals surface area contributed by atoms with Crippen LogP contribution in [0.3, 0.4) is 0 Å². The van der Waals surface area contributed by atoms with Crippen LogP contribution in [0, 0.1) is 10.1 Å². The molecule has 1 unspecified atom stereocenters. The number of nitrogens with zero attached hydrogens (tertiary/aromatic N) is 2. The van der Waals surface area contributed by atoms with Crippen LogP contribution in [0.4, 0.5) is 5.69 Å². The van der Waals surface area contributed by atoms with Crippen molar-refractivity contribution in [3.05, 3.63) is 61.9 Å². The molecule has 1 aromatic heterocycles. The number of nitro benzene ring substituents is 1. The smallest absolute Gasteiger partial charge is 0.270 e. The molecule has 136 valence electrons. The Bertz CT molecular complexity index is 931. The van der Waals surface area contributed by atoms with E-state index >= 15 is 0 Å². The van der Waals surface area contributed by atoms with Crippen LogP contribution in [-0.2, 0) is 4.74 Å². The van der Waals surface area contributed by atoms with Gasteiger partial charge in [-0.05, 0) is 19.9 Å². The van der Waals surface area contributed by atoms with Crippen molar-refractivity contribution >= 4 is 11.4 Å². The third-order valence-electron chi connectivity index (χ3n) is 4.17. The Hall–Kier alpha value is -3.20. The Morgan fingerprint density at radius 1 is 1.35 bits per heavy atom. The predicted molar refractivity (Wildman–Crippen MR) is 92.1 cm³/mol. The number of rotatable bonds is 5. The molecule has 0 saturated carbocycles. The maximum Gasteiger partial charge on any atom is 0.270 e. The van der Waals surface area contributed by atoms with Crippen LogP contribution in [0.1, 0.15) is 19.4 Å². The minimum Gasteiger partial charge on any atom is -0.480 e. The van der Waals surface area contributed by atoms with Gasteiger partial charge in [0.1, 0.15) is 11.5 Å². The SMILES string of the molecule is COCC1(C)Oc2ccc([N+](=O)[O-])cc2C(Oc2ccc(=O)[nH]n2)=C1C. The van der Waals surface area contributed by atoms with Crippen molar-refractivity contribution in [2.45, 2.75) is 19.4 Å². The van der Waals surface area contributed by atoms with E-state index in [1.165, 1.54) is 30.3 Å².